The van der Waals surface area contributed by atoms with Gasteiger partial charge in [-0.25, -0.2) is 9.59 Å². The Balaban J connectivity index is 0.000000292. The first-order valence-corrected chi connectivity index (χ1v) is 22.0. The molecule has 6 rings (SSSR count). The van der Waals surface area contributed by atoms with E-state index in [1.807, 2.05) is 60.7 Å². The van der Waals surface area contributed by atoms with Crippen LogP contribution in [0.3, 0.4) is 0 Å². The van der Waals surface area contributed by atoms with Crippen LogP contribution in [-0.4, -0.2) is 80.4 Å². The molecule has 2 heterocycles. The number of fused-ring (bicyclic) bond motifs is 2. The van der Waals surface area contributed by atoms with E-state index in [4.69, 9.17) is 9.47 Å². The molecule has 2 unspecified atom stereocenters. The number of nitrogens with one attached hydrogen (secondary N) is 1. The van der Waals surface area contributed by atoms with Gasteiger partial charge in [-0.3, -0.25) is 24.3 Å². The number of aliphatic carboxylic acids is 1. The zero-order valence-corrected chi connectivity index (χ0v) is 40.0. The van der Waals surface area contributed by atoms with E-state index in [9.17, 15) is 33.9 Å². The molecule has 1 aliphatic heterocycles. The summed E-state index contributed by atoms with van der Waals surface area (Å²) in [7, 11) is 0. The van der Waals surface area contributed by atoms with E-state index in [0.29, 0.717) is 11.0 Å². The van der Waals surface area contributed by atoms with Crippen LogP contribution in [0.1, 0.15) is 99.1 Å². The number of alkyl carbamates (subject to hydrolysis) is 1. The second-order valence-electron chi connectivity index (χ2n) is 16.9. The number of halogens is 2. The molecule has 1 aromatic heterocycles. The highest BCUT2D eigenvalue weighted by molar-refractivity contribution is 14.1. The standard InChI is InChI=1S/C32H28BIN2O5.C15H20INO4/c1-19(21-11-7-13-22(34)18-21)27(36-29(38)23-14-5-6-15-24(23)30(36)39)28(37)33(31(40)41-32(2,3)4)25-16-8-10-20-12-9-17-35-26(20)25;1-9(10-6-5-7-11(16)8-10)12(13(18)19)17-14(20)21-15(2,3)4/h5-19,27H,1-4H3;5-9,12H,1-4H3,(H,17,20)(H,18,19)/t19?,27-;9?,12-/m00/s1. The van der Waals surface area contributed by atoms with Crippen LogP contribution < -0.4 is 10.8 Å². The molecule has 0 saturated heterocycles. The Morgan fingerprint density at radius 1 is 0.710 bits per heavy atom. The molecule has 4 atom stereocenters. The lowest BCUT2D eigenvalue weighted by Crippen LogP contribution is -2.59. The summed E-state index contributed by atoms with van der Waals surface area (Å²) in [6.45, 7) is 12.5. The van der Waals surface area contributed by atoms with Crippen molar-refractivity contribution in [3.63, 3.8) is 0 Å². The van der Waals surface area contributed by atoms with Crippen LogP contribution in [0, 0.1) is 7.14 Å². The number of hydrogen-bond acceptors (Lipinski definition) is 9. The van der Waals surface area contributed by atoms with Crippen LogP contribution >= 0.6 is 45.2 Å². The number of pyridine rings is 1. The van der Waals surface area contributed by atoms with Gasteiger partial charge in [0, 0.05) is 25.2 Å². The van der Waals surface area contributed by atoms with Gasteiger partial charge in [0.25, 0.3) is 17.7 Å². The molecule has 0 aliphatic carbocycles. The fraction of sp³-hybridized carbons (Fsp3) is 0.298. The quantitative estimate of drug-likeness (QED) is 0.0740. The van der Waals surface area contributed by atoms with Crippen LogP contribution in [0.15, 0.2) is 109 Å². The second kappa shape index (κ2) is 19.9. The Hall–Kier alpha value is -5.17. The molecule has 3 amide bonds. The molecule has 0 fully saturated rings. The van der Waals surface area contributed by atoms with E-state index in [1.54, 1.807) is 104 Å². The number of hydrogen-bond donors (Lipinski definition) is 2. The van der Waals surface area contributed by atoms with Crippen LogP contribution in [0.4, 0.5) is 9.59 Å². The van der Waals surface area contributed by atoms with Gasteiger partial charge >= 0.3 is 18.8 Å². The van der Waals surface area contributed by atoms with E-state index >= 15 is 0 Å². The van der Waals surface area contributed by atoms with Gasteiger partial charge in [-0.2, -0.15) is 0 Å². The molecule has 0 bridgehead atoms. The Morgan fingerprint density at radius 2 is 1.23 bits per heavy atom. The molecule has 4 aromatic carbocycles. The number of nitrogens with zero attached hydrogens (tertiary/aromatic N) is 2. The SMILES string of the molecule is CC(c1cccc(I)c1)[C@@H](C(=O)B(C(=O)OC(C)(C)C)c1cccc2cccnc12)N1C(=O)c2ccccc2C1=O.CC(c1cccc(I)c1)[C@H](NC(=O)OC(C)(C)C)C(=O)O. The van der Waals surface area contributed by atoms with Crippen molar-refractivity contribution < 1.29 is 43.3 Å². The van der Waals surface area contributed by atoms with Crippen molar-refractivity contribution in [3.05, 3.63) is 139 Å². The van der Waals surface area contributed by atoms with E-state index < -0.39 is 71.3 Å². The smallest absolute Gasteiger partial charge is 0.408 e. The van der Waals surface area contributed by atoms with Crippen LogP contribution in [-0.2, 0) is 19.1 Å². The van der Waals surface area contributed by atoms with Crippen molar-refractivity contribution in [2.45, 2.75) is 90.5 Å². The Kier molecular flexibility index (Phi) is 15.4. The van der Waals surface area contributed by atoms with Gasteiger partial charge in [-0.05, 0) is 151 Å². The molecule has 0 spiro atoms. The van der Waals surface area contributed by atoms with Gasteiger partial charge in [0.2, 0.25) is 0 Å². The maximum absolute atomic E-state index is 14.9. The monoisotopic (exact) mass is 1060 g/mol. The average Bonchev–Trinajstić information content (AvgIpc) is 3.44. The lowest BCUT2D eigenvalue weighted by atomic mass is 9.39. The first-order chi connectivity index (χ1) is 29.1. The number of benzene rings is 4. The van der Waals surface area contributed by atoms with Crippen molar-refractivity contribution in [1.29, 1.82) is 0 Å². The van der Waals surface area contributed by atoms with Crippen LogP contribution in [0.25, 0.3) is 10.9 Å². The molecule has 322 valence electrons. The fourth-order valence-corrected chi connectivity index (χ4v) is 8.27. The first-order valence-electron chi connectivity index (χ1n) is 19.9. The number of carbonyl (C=O) groups is 6. The Labute approximate surface area is 388 Å². The largest absolute Gasteiger partial charge is 0.480 e. The molecule has 1 aliphatic rings. The number of carboxylic acids is 1. The summed E-state index contributed by atoms with van der Waals surface area (Å²) < 4.78 is 12.8. The van der Waals surface area contributed by atoms with E-state index in [2.05, 4.69) is 55.5 Å². The Bertz CT molecular complexity index is 2480. The van der Waals surface area contributed by atoms with E-state index in [-0.39, 0.29) is 17.0 Å². The van der Waals surface area contributed by atoms with Crippen molar-refractivity contribution in [3.8, 4) is 0 Å². The summed E-state index contributed by atoms with van der Waals surface area (Å²) in [5.74, 6) is -4.00. The van der Waals surface area contributed by atoms with Crippen molar-refractivity contribution in [2.75, 3.05) is 0 Å². The van der Waals surface area contributed by atoms with Gasteiger partial charge in [0.1, 0.15) is 22.9 Å². The number of amides is 3. The van der Waals surface area contributed by atoms with Gasteiger partial charge in [-0.1, -0.05) is 74.5 Å². The highest BCUT2D eigenvalue weighted by Gasteiger charge is 2.51. The molecule has 0 saturated carbocycles. The number of imide groups is 1. The van der Waals surface area contributed by atoms with Crippen LogP contribution in [0.5, 0.6) is 0 Å². The molecule has 2 N–H and O–H groups in total. The summed E-state index contributed by atoms with van der Waals surface area (Å²) in [5.41, 5.74) is 0.727. The second-order valence-corrected chi connectivity index (χ2v) is 19.4. The van der Waals surface area contributed by atoms with Gasteiger partial charge in [0.05, 0.1) is 22.7 Å². The predicted molar refractivity (Wildman–Crippen MR) is 255 cm³/mol. The highest BCUT2D eigenvalue weighted by Crippen LogP contribution is 2.33. The van der Waals surface area contributed by atoms with Crippen molar-refractivity contribution in [1.82, 2.24) is 15.2 Å². The lowest BCUT2D eigenvalue weighted by molar-refractivity contribution is -0.140. The lowest BCUT2D eigenvalue weighted by Gasteiger charge is -2.33. The Morgan fingerprint density at radius 3 is 1.74 bits per heavy atom. The molecule has 62 heavy (non-hydrogen) atoms. The number of carboxylic acid groups (broad SMARTS) is 1. The number of carbonyl (C=O) groups excluding carboxylic acids is 5. The molecular weight excluding hydrogens is 1020 g/mol. The third-order valence-electron chi connectivity index (χ3n) is 9.96. The number of para-hydroxylation sites is 1. The zero-order chi connectivity index (χ0) is 45.7. The third-order valence-corrected chi connectivity index (χ3v) is 11.3. The van der Waals surface area contributed by atoms with E-state index in [1.165, 1.54) is 0 Å². The van der Waals surface area contributed by atoms with E-state index in [0.717, 1.165) is 28.6 Å². The van der Waals surface area contributed by atoms with Gasteiger partial charge < -0.3 is 24.7 Å². The predicted octanol–water partition coefficient (Wildman–Crippen LogP) is 9.01. The number of aromatic nitrogens is 1. The molecule has 0 radical (unpaired) electrons. The van der Waals surface area contributed by atoms with Crippen molar-refractivity contribution >= 4 is 104 Å². The minimum absolute atomic E-state index is 0.228. The average molecular weight is 1060 g/mol. The minimum Gasteiger partial charge on any atom is -0.480 e. The normalized spacial score (nSPS) is 14.4. The highest BCUT2D eigenvalue weighted by atomic mass is 127. The third kappa shape index (κ3) is 11.6. The summed E-state index contributed by atoms with van der Waals surface area (Å²) in [4.78, 5) is 85.0. The zero-order valence-electron chi connectivity index (χ0n) is 35.6. The molecule has 12 nitrogen and oxygen atoms in total. The first kappa shape index (κ1) is 47.9. The minimum atomic E-state index is -1.44. The summed E-state index contributed by atoms with van der Waals surface area (Å²) in [5, 5.41) is 12.5. The molecular formula is C47H48BI2N3O9. The molecule has 15 heteroatoms. The van der Waals surface area contributed by atoms with Gasteiger partial charge in [-0.15, -0.1) is 0 Å². The fourth-order valence-electron chi connectivity index (χ4n) is 7.14. The van der Waals surface area contributed by atoms with Gasteiger partial charge in [0.15, 0.2) is 0 Å². The maximum Gasteiger partial charge on any atom is 0.408 e. The number of rotatable bonds is 11. The summed E-state index contributed by atoms with van der Waals surface area (Å²) >= 11 is 4.34. The van der Waals surface area contributed by atoms with Crippen molar-refractivity contribution in [2.24, 2.45) is 0 Å². The van der Waals surface area contributed by atoms with Crippen LogP contribution in [0.2, 0.25) is 0 Å². The summed E-state index contributed by atoms with van der Waals surface area (Å²) in [6, 6.07) is 28.1. The maximum atomic E-state index is 14.9. The number of ether oxygens (including phenoxy) is 2. The summed E-state index contributed by atoms with van der Waals surface area (Å²) in [6.07, 6.45) is 0.867. The topological polar surface area (TPSA) is 169 Å². The molecule has 5 aromatic rings.